The van der Waals surface area contributed by atoms with E-state index in [1.807, 2.05) is 18.7 Å². The fourth-order valence-corrected chi connectivity index (χ4v) is 5.92. The van der Waals surface area contributed by atoms with Gasteiger partial charge in [-0.2, -0.15) is 13.2 Å². The lowest BCUT2D eigenvalue weighted by Crippen LogP contribution is -2.43. The number of piperidine rings is 1. The highest BCUT2D eigenvalue weighted by molar-refractivity contribution is 5.96. The monoisotopic (exact) mass is 546 g/mol. The van der Waals surface area contributed by atoms with Gasteiger partial charge in [0.15, 0.2) is 0 Å². The molecule has 2 heterocycles. The first kappa shape index (κ1) is 31.1. The van der Waals surface area contributed by atoms with Gasteiger partial charge in [-0.3, -0.25) is 9.69 Å². The third-order valence-electron chi connectivity index (χ3n) is 8.50. The van der Waals surface area contributed by atoms with Crippen molar-refractivity contribution < 1.29 is 18.0 Å². The van der Waals surface area contributed by atoms with Crippen LogP contribution in [0.3, 0.4) is 0 Å². The SMILES string of the molecule is CCC[C@@H](c1ccc(C(F)(F)F)cc1)N(CCC)[C@@H](C)CCC1(C)CCN(C(=O)c2c(C)ncnc2C)CC1. The molecule has 3 rings (SSSR count). The summed E-state index contributed by atoms with van der Waals surface area (Å²) in [5.41, 5.74) is 2.57. The Labute approximate surface area is 232 Å². The van der Waals surface area contributed by atoms with Gasteiger partial charge in [-0.1, -0.05) is 39.3 Å². The zero-order valence-corrected chi connectivity index (χ0v) is 24.4. The lowest BCUT2D eigenvalue weighted by Gasteiger charge is -2.42. The van der Waals surface area contributed by atoms with Gasteiger partial charge in [-0.25, -0.2) is 9.97 Å². The highest BCUT2D eigenvalue weighted by Crippen LogP contribution is 2.39. The van der Waals surface area contributed by atoms with Crippen LogP contribution in [0, 0.1) is 19.3 Å². The van der Waals surface area contributed by atoms with Crippen LogP contribution in [0.15, 0.2) is 30.6 Å². The largest absolute Gasteiger partial charge is 0.416 e. The molecule has 0 aliphatic carbocycles. The van der Waals surface area contributed by atoms with E-state index in [9.17, 15) is 18.0 Å². The molecule has 1 aromatic heterocycles. The highest BCUT2D eigenvalue weighted by atomic mass is 19.4. The van der Waals surface area contributed by atoms with Crippen molar-refractivity contribution in [2.75, 3.05) is 19.6 Å². The second-order valence-electron chi connectivity index (χ2n) is 11.6. The van der Waals surface area contributed by atoms with Crippen LogP contribution in [0.4, 0.5) is 13.2 Å². The number of amides is 1. The molecular weight excluding hydrogens is 501 g/mol. The first-order valence-corrected chi connectivity index (χ1v) is 14.4. The predicted octanol–water partition coefficient (Wildman–Crippen LogP) is 7.78. The normalized spacial score (nSPS) is 17.3. The minimum atomic E-state index is -4.32. The molecule has 1 aromatic carbocycles. The van der Waals surface area contributed by atoms with Crippen LogP contribution in [0.25, 0.3) is 0 Å². The van der Waals surface area contributed by atoms with Crippen LogP contribution in [-0.2, 0) is 6.18 Å². The van der Waals surface area contributed by atoms with Gasteiger partial charge < -0.3 is 4.90 Å². The van der Waals surface area contributed by atoms with Gasteiger partial charge in [0.25, 0.3) is 5.91 Å². The first-order valence-electron chi connectivity index (χ1n) is 14.4. The molecule has 8 heteroatoms. The molecule has 1 saturated heterocycles. The molecular formula is C31H45F3N4O. The number of hydrogen-bond acceptors (Lipinski definition) is 4. The average Bonchev–Trinajstić information content (AvgIpc) is 2.89. The molecule has 0 radical (unpaired) electrons. The number of halogens is 3. The predicted molar refractivity (Wildman–Crippen MR) is 150 cm³/mol. The Bertz CT molecular complexity index is 1060. The second-order valence-corrected chi connectivity index (χ2v) is 11.6. The van der Waals surface area contributed by atoms with Gasteiger partial charge in [0, 0.05) is 25.2 Å². The third-order valence-corrected chi connectivity index (χ3v) is 8.50. The smallest absolute Gasteiger partial charge is 0.338 e. The Hall–Kier alpha value is -2.48. The lowest BCUT2D eigenvalue weighted by atomic mass is 9.75. The number of hydrogen-bond donors (Lipinski definition) is 0. The van der Waals surface area contributed by atoms with Crippen molar-refractivity contribution in [2.24, 2.45) is 5.41 Å². The second kappa shape index (κ2) is 13.2. The summed E-state index contributed by atoms with van der Waals surface area (Å²) in [6.07, 6.45) is 3.99. The Morgan fingerprint density at radius 1 is 1.03 bits per heavy atom. The number of carbonyl (C=O) groups excluding carboxylic acids is 1. The summed E-state index contributed by atoms with van der Waals surface area (Å²) in [7, 11) is 0. The highest BCUT2D eigenvalue weighted by Gasteiger charge is 2.35. The van der Waals surface area contributed by atoms with E-state index in [-0.39, 0.29) is 17.4 Å². The van der Waals surface area contributed by atoms with Gasteiger partial charge in [0.2, 0.25) is 0 Å². The fourth-order valence-electron chi connectivity index (χ4n) is 5.92. The van der Waals surface area contributed by atoms with Gasteiger partial charge in [0.1, 0.15) is 6.33 Å². The summed E-state index contributed by atoms with van der Waals surface area (Å²) in [5, 5.41) is 0. The number of alkyl halides is 3. The average molecular weight is 547 g/mol. The molecule has 0 saturated carbocycles. The molecule has 0 N–H and O–H groups in total. The quantitative estimate of drug-likeness (QED) is 0.289. The van der Waals surface area contributed by atoms with E-state index < -0.39 is 11.7 Å². The lowest BCUT2D eigenvalue weighted by molar-refractivity contribution is -0.137. The molecule has 1 aliphatic rings. The minimum Gasteiger partial charge on any atom is -0.338 e. The zero-order chi connectivity index (χ0) is 28.8. The summed E-state index contributed by atoms with van der Waals surface area (Å²) in [5.74, 6) is 0.0223. The number of rotatable bonds is 11. The van der Waals surface area contributed by atoms with Crippen molar-refractivity contribution in [3.05, 3.63) is 58.7 Å². The van der Waals surface area contributed by atoms with Gasteiger partial charge in [0.05, 0.1) is 22.5 Å². The van der Waals surface area contributed by atoms with Crippen LogP contribution in [0.1, 0.15) is 112 Å². The van der Waals surface area contributed by atoms with Crippen molar-refractivity contribution in [1.29, 1.82) is 0 Å². The molecule has 0 unspecified atom stereocenters. The summed E-state index contributed by atoms with van der Waals surface area (Å²) in [6, 6.07) is 6.15. The van der Waals surface area contributed by atoms with Gasteiger partial charge in [-0.05, 0) is 89.0 Å². The molecule has 2 aromatic rings. The van der Waals surface area contributed by atoms with Crippen molar-refractivity contribution in [2.45, 2.75) is 105 Å². The topological polar surface area (TPSA) is 49.3 Å². The standard InChI is InChI=1S/C31H45F3N4O/c1-7-9-27(25-10-12-26(13-11-25)31(32,33)34)38(18-8-2)22(3)14-15-30(6)16-19-37(20-17-30)29(39)28-23(4)35-21-36-24(28)5/h10-13,21-22,27H,7-9,14-20H2,1-6H3/t22-,27-/m0/s1. The number of aromatic nitrogens is 2. The van der Waals surface area contributed by atoms with Crippen LogP contribution in [0.5, 0.6) is 0 Å². The fraction of sp³-hybridized carbons (Fsp3) is 0.645. The molecule has 0 bridgehead atoms. The Morgan fingerprint density at radius 3 is 2.13 bits per heavy atom. The van der Waals surface area contributed by atoms with E-state index in [2.05, 4.69) is 42.6 Å². The maximum atomic E-state index is 13.2. The summed E-state index contributed by atoms with van der Waals surface area (Å²) >= 11 is 0. The molecule has 1 amide bonds. The Kier molecular flexibility index (Phi) is 10.5. The number of likely N-dealkylation sites (tertiary alicyclic amines) is 1. The van der Waals surface area contributed by atoms with E-state index in [4.69, 9.17) is 0 Å². The van der Waals surface area contributed by atoms with Crippen molar-refractivity contribution in [3.8, 4) is 0 Å². The van der Waals surface area contributed by atoms with Gasteiger partial charge in [-0.15, -0.1) is 0 Å². The summed E-state index contributed by atoms with van der Waals surface area (Å²) < 4.78 is 39.4. The van der Waals surface area contributed by atoms with Crippen LogP contribution >= 0.6 is 0 Å². The van der Waals surface area contributed by atoms with Crippen LogP contribution in [0.2, 0.25) is 0 Å². The van der Waals surface area contributed by atoms with E-state index in [0.717, 1.165) is 81.5 Å². The minimum absolute atomic E-state index is 0.0223. The molecule has 39 heavy (non-hydrogen) atoms. The number of carbonyl (C=O) groups is 1. The Balaban J connectivity index is 1.65. The maximum absolute atomic E-state index is 13.2. The van der Waals surface area contributed by atoms with E-state index in [1.54, 1.807) is 12.1 Å². The molecule has 216 valence electrons. The summed E-state index contributed by atoms with van der Waals surface area (Å²) in [6.45, 7) is 14.9. The zero-order valence-electron chi connectivity index (χ0n) is 24.4. The van der Waals surface area contributed by atoms with Crippen molar-refractivity contribution in [1.82, 2.24) is 19.8 Å². The summed E-state index contributed by atoms with van der Waals surface area (Å²) in [4.78, 5) is 26.1. The van der Waals surface area contributed by atoms with E-state index in [0.29, 0.717) is 11.6 Å². The maximum Gasteiger partial charge on any atom is 0.416 e. The van der Waals surface area contributed by atoms with Crippen LogP contribution < -0.4 is 0 Å². The van der Waals surface area contributed by atoms with Gasteiger partial charge >= 0.3 is 6.18 Å². The van der Waals surface area contributed by atoms with E-state index >= 15 is 0 Å². The molecule has 1 fully saturated rings. The van der Waals surface area contributed by atoms with E-state index in [1.165, 1.54) is 18.5 Å². The number of nitrogens with zero attached hydrogens (tertiary/aromatic N) is 4. The molecule has 5 nitrogen and oxygen atoms in total. The third kappa shape index (κ3) is 7.80. The molecule has 2 atom stereocenters. The number of benzene rings is 1. The van der Waals surface area contributed by atoms with Crippen molar-refractivity contribution in [3.63, 3.8) is 0 Å². The van der Waals surface area contributed by atoms with Crippen LogP contribution in [-0.4, -0.2) is 51.4 Å². The Morgan fingerprint density at radius 2 is 1.62 bits per heavy atom. The molecule has 0 spiro atoms. The van der Waals surface area contributed by atoms with Crippen molar-refractivity contribution >= 4 is 5.91 Å². The number of aryl methyl sites for hydroxylation is 2. The molecule has 1 aliphatic heterocycles. The first-order chi connectivity index (χ1) is 18.4.